The van der Waals surface area contributed by atoms with Gasteiger partial charge in [-0.05, 0) is 87.8 Å². The monoisotopic (exact) mass is 396 g/mol. The zero-order valence-corrected chi connectivity index (χ0v) is 16.4. The standard InChI is InChI=1S/C20H26F2N2O2S/c1-19(2,24-27-17-14(21)4-3-5-15(17)22)18(25)23-16-12-6-11-7-13(16)10-20(26,8-11)9-12/h3-5,11-13,16,24,26H,6-10H2,1-2H3,(H,23,25). The van der Waals surface area contributed by atoms with Crippen LogP contribution in [0.25, 0.3) is 0 Å². The van der Waals surface area contributed by atoms with E-state index in [2.05, 4.69) is 10.0 Å². The molecule has 5 rings (SSSR count). The summed E-state index contributed by atoms with van der Waals surface area (Å²) in [6, 6.07) is 3.77. The van der Waals surface area contributed by atoms with E-state index in [0.717, 1.165) is 44.1 Å². The van der Waals surface area contributed by atoms with Crippen LogP contribution in [0.1, 0.15) is 46.0 Å². The Hall–Kier alpha value is -1.18. The molecule has 0 radical (unpaired) electrons. The molecule has 3 N–H and O–H groups in total. The van der Waals surface area contributed by atoms with Gasteiger partial charge in [0.1, 0.15) is 17.2 Å². The van der Waals surface area contributed by atoms with Crippen molar-refractivity contribution in [3.05, 3.63) is 29.8 Å². The number of benzene rings is 1. The van der Waals surface area contributed by atoms with Gasteiger partial charge in [0.2, 0.25) is 5.91 Å². The van der Waals surface area contributed by atoms with Crippen molar-refractivity contribution < 1.29 is 18.7 Å². The van der Waals surface area contributed by atoms with E-state index < -0.39 is 22.8 Å². The van der Waals surface area contributed by atoms with Crippen molar-refractivity contribution in [3.63, 3.8) is 0 Å². The molecule has 1 aromatic carbocycles. The molecule has 4 bridgehead atoms. The highest BCUT2D eigenvalue weighted by Gasteiger charge is 2.55. The average molecular weight is 397 g/mol. The van der Waals surface area contributed by atoms with Crippen LogP contribution in [-0.2, 0) is 4.79 Å². The topological polar surface area (TPSA) is 61.4 Å². The smallest absolute Gasteiger partial charge is 0.240 e. The highest BCUT2D eigenvalue weighted by molar-refractivity contribution is 7.97. The van der Waals surface area contributed by atoms with Crippen LogP contribution in [0.4, 0.5) is 8.78 Å². The molecule has 2 atom stereocenters. The van der Waals surface area contributed by atoms with E-state index in [4.69, 9.17) is 0 Å². The fourth-order valence-electron chi connectivity index (χ4n) is 5.35. The molecule has 0 spiro atoms. The van der Waals surface area contributed by atoms with Crippen LogP contribution in [0.3, 0.4) is 0 Å². The molecule has 0 saturated heterocycles. The lowest BCUT2D eigenvalue weighted by Crippen LogP contribution is -2.64. The molecule has 4 fully saturated rings. The third-order valence-corrected chi connectivity index (χ3v) is 7.64. The van der Waals surface area contributed by atoms with E-state index in [9.17, 15) is 18.7 Å². The summed E-state index contributed by atoms with van der Waals surface area (Å²) >= 11 is 0.798. The fraction of sp³-hybridized carbons (Fsp3) is 0.650. The zero-order valence-electron chi connectivity index (χ0n) is 15.6. The molecule has 0 aromatic heterocycles. The van der Waals surface area contributed by atoms with Crippen molar-refractivity contribution in [2.45, 2.75) is 68.0 Å². The molecule has 4 nitrogen and oxygen atoms in total. The third kappa shape index (κ3) is 3.61. The molecular weight excluding hydrogens is 370 g/mol. The Labute approximate surface area is 162 Å². The summed E-state index contributed by atoms with van der Waals surface area (Å²) in [5.41, 5.74) is -1.53. The van der Waals surface area contributed by atoms with Crippen molar-refractivity contribution in [1.82, 2.24) is 10.0 Å². The van der Waals surface area contributed by atoms with Crippen LogP contribution < -0.4 is 10.0 Å². The number of aliphatic hydroxyl groups is 1. The average Bonchev–Trinajstić information content (AvgIpc) is 2.56. The van der Waals surface area contributed by atoms with Crippen LogP contribution in [0.15, 0.2) is 23.1 Å². The molecule has 4 aliphatic carbocycles. The van der Waals surface area contributed by atoms with Gasteiger partial charge >= 0.3 is 0 Å². The SMILES string of the molecule is CC(C)(NSc1c(F)cccc1F)C(=O)NC1C2CC3CC1CC(O)(C3)C2. The first-order chi connectivity index (χ1) is 12.7. The van der Waals surface area contributed by atoms with E-state index in [-0.39, 0.29) is 16.8 Å². The highest BCUT2D eigenvalue weighted by atomic mass is 32.2. The van der Waals surface area contributed by atoms with Gasteiger partial charge in [-0.25, -0.2) is 13.5 Å². The number of carbonyl (C=O) groups excluding carboxylic acids is 1. The molecule has 2 unspecified atom stereocenters. The van der Waals surface area contributed by atoms with Crippen molar-refractivity contribution in [1.29, 1.82) is 0 Å². The molecule has 0 aliphatic heterocycles. The van der Waals surface area contributed by atoms with Crippen molar-refractivity contribution in [2.75, 3.05) is 0 Å². The molecule has 4 aliphatic rings. The maximum Gasteiger partial charge on any atom is 0.240 e. The first kappa shape index (κ1) is 19.2. The van der Waals surface area contributed by atoms with Gasteiger partial charge < -0.3 is 10.4 Å². The number of halogens is 2. The largest absolute Gasteiger partial charge is 0.390 e. The van der Waals surface area contributed by atoms with E-state index >= 15 is 0 Å². The Morgan fingerprint density at radius 2 is 1.78 bits per heavy atom. The lowest BCUT2D eigenvalue weighted by atomic mass is 9.52. The lowest BCUT2D eigenvalue weighted by molar-refractivity contribution is -0.148. The van der Waals surface area contributed by atoms with Crippen LogP contribution in [-0.4, -0.2) is 28.2 Å². The Balaban J connectivity index is 1.40. The van der Waals surface area contributed by atoms with E-state index in [1.807, 2.05) is 0 Å². The second-order valence-electron chi connectivity index (χ2n) is 9.07. The van der Waals surface area contributed by atoms with E-state index in [0.29, 0.717) is 17.8 Å². The van der Waals surface area contributed by atoms with Gasteiger partial charge in [-0.1, -0.05) is 6.07 Å². The number of carbonyl (C=O) groups is 1. The summed E-state index contributed by atoms with van der Waals surface area (Å²) < 4.78 is 30.5. The molecule has 1 aromatic rings. The molecule has 7 heteroatoms. The molecule has 1 amide bonds. The van der Waals surface area contributed by atoms with Crippen LogP contribution in [0, 0.1) is 29.4 Å². The van der Waals surface area contributed by atoms with Gasteiger partial charge in [0.15, 0.2) is 0 Å². The van der Waals surface area contributed by atoms with E-state index in [1.54, 1.807) is 13.8 Å². The Morgan fingerprint density at radius 3 is 2.33 bits per heavy atom. The molecule has 148 valence electrons. The highest BCUT2D eigenvalue weighted by Crippen LogP contribution is 2.55. The molecule has 4 saturated carbocycles. The summed E-state index contributed by atoms with van der Waals surface area (Å²) in [7, 11) is 0. The summed E-state index contributed by atoms with van der Waals surface area (Å²) in [5.74, 6) is -0.283. The summed E-state index contributed by atoms with van der Waals surface area (Å²) in [6.45, 7) is 3.41. The summed E-state index contributed by atoms with van der Waals surface area (Å²) in [4.78, 5) is 12.7. The van der Waals surface area contributed by atoms with Gasteiger partial charge in [-0.15, -0.1) is 0 Å². The second-order valence-corrected chi connectivity index (χ2v) is 9.89. The molecular formula is C20H26F2N2O2S. The predicted octanol–water partition coefficient (Wildman–Crippen LogP) is 3.40. The normalized spacial score (nSPS) is 34.7. The first-order valence-electron chi connectivity index (χ1n) is 9.58. The zero-order chi connectivity index (χ0) is 19.4. The van der Waals surface area contributed by atoms with Crippen LogP contribution in [0.5, 0.6) is 0 Å². The quantitative estimate of drug-likeness (QED) is 0.668. The number of rotatable bonds is 5. The van der Waals surface area contributed by atoms with Crippen LogP contribution in [0.2, 0.25) is 0 Å². The lowest BCUT2D eigenvalue weighted by Gasteiger charge is -2.58. The number of nitrogens with one attached hydrogen (secondary N) is 2. The Bertz CT molecular complexity index is 721. The van der Waals surface area contributed by atoms with Gasteiger partial charge in [0.25, 0.3) is 0 Å². The Kier molecular flexibility index (Phi) is 4.76. The van der Waals surface area contributed by atoms with E-state index in [1.165, 1.54) is 18.2 Å². The van der Waals surface area contributed by atoms with Gasteiger partial charge in [-0.2, -0.15) is 0 Å². The number of amides is 1. The Morgan fingerprint density at radius 1 is 1.19 bits per heavy atom. The summed E-state index contributed by atoms with van der Waals surface area (Å²) in [6.07, 6.45) is 4.54. The second kappa shape index (κ2) is 6.71. The minimum Gasteiger partial charge on any atom is -0.390 e. The fourth-order valence-corrected chi connectivity index (χ4v) is 6.13. The molecule has 27 heavy (non-hydrogen) atoms. The van der Waals surface area contributed by atoms with Crippen molar-refractivity contribution >= 4 is 17.9 Å². The minimum atomic E-state index is -0.995. The molecule has 0 heterocycles. The van der Waals surface area contributed by atoms with Crippen molar-refractivity contribution in [2.24, 2.45) is 17.8 Å². The first-order valence-corrected chi connectivity index (χ1v) is 10.4. The summed E-state index contributed by atoms with van der Waals surface area (Å²) in [5, 5.41) is 13.8. The minimum absolute atomic E-state index is 0.0746. The van der Waals surface area contributed by atoms with Gasteiger partial charge in [0.05, 0.1) is 10.5 Å². The maximum absolute atomic E-state index is 13.8. The number of hydrogen-bond donors (Lipinski definition) is 3. The van der Waals surface area contributed by atoms with Crippen molar-refractivity contribution in [3.8, 4) is 0 Å². The van der Waals surface area contributed by atoms with Gasteiger partial charge in [-0.3, -0.25) is 4.79 Å². The van der Waals surface area contributed by atoms with Gasteiger partial charge in [0, 0.05) is 6.04 Å². The number of hydrogen-bond acceptors (Lipinski definition) is 4. The predicted molar refractivity (Wildman–Crippen MR) is 99.9 cm³/mol. The third-order valence-electron chi connectivity index (χ3n) is 6.43. The maximum atomic E-state index is 13.8. The van der Waals surface area contributed by atoms with Crippen LogP contribution >= 0.6 is 11.9 Å².